The molecule has 1 fully saturated rings. The summed E-state index contributed by atoms with van der Waals surface area (Å²) in [6.45, 7) is 9.44. The summed E-state index contributed by atoms with van der Waals surface area (Å²) in [5, 5.41) is 3.22. The highest BCUT2D eigenvalue weighted by Crippen LogP contribution is 2.24. The minimum Gasteiger partial charge on any atom is -0.370 e. The summed E-state index contributed by atoms with van der Waals surface area (Å²) in [5.74, 6) is 0.572. The van der Waals surface area contributed by atoms with E-state index in [9.17, 15) is 0 Å². The van der Waals surface area contributed by atoms with Crippen LogP contribution >= 0.6 is 0 Å². The summed E-state index contributed by atoms with van der Waals surface area (Å²) in [7, 11) is 2.21. The number of nitrogens with one attached hydrogen (secondary N) is 1. The lowest BCUT2D eigenvalue weighted by Crippen LogP contribution is -2.47. The van der Waals surface area contributed by atoms with Crippen molar-refractivity contribution in [2.24, 2.45) is 10.7 Å². The molecule has 1 aliphatic rings. The first kappa shape index (κ1) is 18.7. The summed E-state index contributed by atoms with van der Waals surface area (Å²) in [4.78, 5) is 9.46. The van der Waals surface area contributed by atoms with Crippen molar-refractivity contribution in [3.8, 4) is 0 Å². The molecular weight excluding hydrogens is 298 g/mol. The molecule has 0 aliphatic carbocycles. The molecular formula is C19H33N5. The fourth-order valence-corrected chi connectivity index (χ4v) is 3.09. The van der Waals surface area contributed by atoms with Crippen molar-refractivity contribution in [3.05, 3.63) is 35.9 Å². The van der Waals surface area contributed by atoms with Crippen LogP contribution in [0.4, 0.5) is 0 Å². The van der Waals surface area contributed by atoms with Gasteiger partial charge in [-0.25, -0.2) is 0 Å². The Labute approximate surface area is 146 Å². The fraction of sp³-hybridized carbons (Fsp3) is 0.632. The van der Waals surface area contributed by atoms with Gasteiger partial charge in [0.15, 0.2) is 5.96 Å². The molecule has 0 aromatic heterocycles. The molecule has 24 heavy (non-hydrogen) atoms. The van der Waals surface area contributed by atoms with E-state index in [-0.39, 0.29) is 0 Å². The van der Waals surface area contributed by atoms with Gasteiger partial charge in [-0.1, -0.05) is 37.3 Å². The molecule has 1 aromatic carbocycles. The van der Waals surface area contributed by atoms with E-state index >= 15 is 0 Å². The molecule has 5 nitrogen and oxygen atoms in total. The van der Waals surface area contributed by atoms with E-state index in [0.717, 1.165) is 45.6 Å². The van der Waals surface area contributed by atoms with Crippen molar-refractivity contribution in [3.63, 3.8) is 0 Å². The van der Waals surface area contributed by atoms with Crippen molar-refractivity contribution in [1.29, 1.82) is 0 Å². The van der Waals surface area contributed by atoms with Gasteiger partial charge in [0.2, 0.25) is 0 Å². The first-order valence-electron chi connectivity index (χ1n) is 9.14. The van der Waals surface area contributed by atoms with Crippen LogP contribution in [0, 0.1) is 0 Å². The van der Waals surface area contributed by atoms with Gasteiger partial charge in [-0.3, -0.25) is 9.89 Å². The van der Waals surface area contributed by atoms with Crippen LogP contribution in [0.3, 0.4) is 0 Å². The third-order valence-corrected chi connectivity index (χ3v) is 4.77. The van der Waals surface area contributed by atoms with Crippen LogP contribution in [0.15, 0.2) is 35.3 Å². The molecule has 2 rings (SSSR count). The van der Waals surface area contributed by atoms with Crippen LogP contribution in [0.1, 0.15) is 38.3 Å². The molecule has 0 radical (unpaired) electrons. The molecule has 2 atom stereocenters. The van der Waals surface area contributed by atoms with Gasteiger partial charge in [0.25, 0.3) is 0 Å². The Hall–Kier alpha value is -1.59. The van der Waals surface area contributed by atoms with Crippen molar-refractivity contribution in [2.45, 2.75) is 38.8 Å². The van der Waals surface area contributed by atoms with Crippen LogP contribution in [-0.4, -0.2) is 61.6 Å². The van der Waals surface area contributed by atoms with E-state index in [1.165, 1.54) is 5.56 Å². The van der Waals surface area contributed by atoms with Gasteiger partial charge < -0.3 is 16.0 Å². The summed E-state index contributed by atoms with van der Waals surface area (Å²) in [5.41, 5.74) is 7.33. The Morgan fingerprint density at radius 3 is 2.79 bits per heavy atom. The quantitative estimate of drug-likeness (QED) is 0.456. The number of rotatable bonds is 7. The highest BCUT2D eigenvalue weighted by molar-refractivity contribution is 5.78. The van der Waals surface area contributed by atoms with Gasteiger partial charge in [-0.15, -0.1) is 0 Å². The monoisotopic (exact) mass is 331 g/mol. The van der Waals surface area contributed by atoms with Gasteiger partial charge in [0.05, 0.1) is 0 Å². The zero-order chi connectivity index (χ0) is 17.4. The van der Waals surface area contributed by atoms with Crippen LogP contribution in [0.25, 0.3) is 0 Å². The fourth-order valence-electron chi connectivity index (χ4n) is 3.09. The second-order valence-electron chi connectivity index (χ2n) is 6.80. The maximum atomic E-state index is 5.92. The summed E-state index contributed by atoms with van der Waals surface area (Å²) >= 11 is 0. The normalized spacial score (nSPS) is 21.6. The molecule has 1 heterocycles. The number of nitrogens with zero attached hydrogens (tertiary/aromatic N) is 3. The molecule has 3 N–H and O–H groups in total. The molecule has 1 aromatic rings. The Morgan fingerprint density at radius 2 is 2.08 bits per heavy atom. The molecule has 2 unspecified atom stereocenters. The van der Waals surface area contributed by atoms with E-state index in [1.807, 2.05) is 0 Å². The third-order valence-electron chi connectivity index (χ3n) is 4.77. The van der Waals surface area contributed by atoms with Gasteiger partial charge >= 0.3 is 0 Å². The maximum Gasteiger partial charge on any atom is 0.188 e. The standard InChI is InChI=1S/C19H33N5/c1-4-16(2)22-19(20)21-11-8-12-24-14-13-23(3)15-18(24)17-9-6-5-7-10-17/h5-7,9-10,16,18H,4,8,11-15H2,1-3H3,(H3,20,21,22). The molecule has 0 amide bonds. The van der Waals surface area contributed by atoms with Crippen molar-refractivity contribution < 1.29 is 0 Å². The minimum atomic E-state index is 0.383. The highest BCUT2D eigenvalue weighted by atomic mass is 15.3. The van der Waals surface area contributed by atoms with Crippen LogP contribution < -0.4 is 11.1 Å². The SMILES string of the molecule is CCC(C)NC(N)=NCCCN1CCN(C)CC1c1ccccc1. The Morgan fingerprint density at radius 1 is 1.33 bits per heavy atom. The molecule has 1 saturated heterocycles. The molecule has 0 saturated carbocycles. The first-order chi connectivity index (χ1) is 11.6. The number of likely N-dealkylation sites (N-methyl/N-ethyl adjacent to an activating group) is 1. The molecule has 0 spiro atoms. The zero-order valence-electron chi connectivity index (χ0n) is 15.4. The van der Waals surface area contributed by atoms with Crippen molar-refractivity contribution in [1.82, 2.24) is 15.1 Å². The average molecular weight is 332 g/mol. The number of hydrogen-bond acceptors (Lipinski definition) is 3. The van der Waals surface area contributed by atoms with Crippen LogP contribution in [-0.2, 0) is 0 Å². The first-order valence-corrected chi connectivity index (χ1v) is 9.14. The van der Waals surface area contributed by atoms with E-state index in [2.05, 4.69) is 71.3 Å². The average Bonchev–Trinajstić information content (AvgIpc) is 2.60. The topological polar surface area (TPSA) is 56.9 Å². The molecule has 5 heteroatoms. The predicted octanol–water partition coefficient (Wildman–Crippen LogP) is 2.07. The van der Waals surface area contributed by atoms with Gasteiger partial charge in [-0.2, -0.15) is 0 Å². The Bertz CT molecular complexity index is 502. The molecule has 1 aliphatic heterocycles. The predicted molar refractivity (Wildman–Crippen MR) is 102 cm³/mol. The second kappa shape index (κ2) is 9.64. The largest absolute Gasteiger partial charge is 0.370 e. The lowest BCUT2D eigenvalue weighted by molar-refractivity contribution is 0.0894. The van der Waals surface area contributed by atoms with Crippen molar-refractivity contribution >= 4 is 5.96 Å². The zero-order valence-corrected chi connectivity index (χ0v) is 15.4. The summed E-state index contributed by atoms with van der Waals surface area (Å²) in [6, 6.07) is 11.7. The summed E-state index contributed by atoms with van der Waals surface area (Å²) in [6.07, 6.45) is 2.09. The van der Waals surface area contributed by atoms with Gasteiger partial charge in [-0.05, 0) is 32.4 Å². The van der Waals surface area contributed by atoms with E-state index < -0.39 is 0 Å². The van der Waals surface area contributed by atoms with Crippen LogP contribution in [0.5, 0.6) is 0 Å². The number of piperazine rings is 1. The second-order valence-corrected chi connectivity index (χ2v) is 6.80. The maximum absolute atomic E-state index is 5.92. The van der Waals surface area contributed by atoms with E-state index in [1.54, 1.807) is 0 Å². The number of guanidine groups is 1. The number of hydrogen-bond donors (Lipinski definition) is 2. The third kappa shape index (κ3) is 5.80. The number of benzene rings is 1. The lowest BCUT2D eigenvalue weighted by Gasteiger charge is -2.40. The molecule has 134 valence electrons. The minimum absolute atomic E-state index is 0.383. The Balaban J connectivity index is 1.84. The van der Waals surface area contributed by atoms with Gasteiger partial charge in [0, 0.05) is 44.8 Å². The van der Waals surface area contributed by atoms with Crippen molar-refractivity contribution in [2.75, 3.05) is 39.8 Å². The lowest BCUT2D eigenvalue weighted by atomic mass is 10.0. The van der Waals surface area contributed by atoms with E-state index in [4.69, 9.17) is 5.73 Å². The summed E-state index contributed by atoms with van der Waals surface area (Å²) < 4.78 is 0. The van der Waals surface area contributed by atoms with Crippen LogP contribution in [0.2, 0.25) is 0 Å². The van der Waals surface area contributed by atoms with E-state index in [0.29, 0.717) is 18.0 Å². The number of nitrogens with two attached hydrogens (primary N) is 1. The number of aliphatic imine (C=N–C) groups is 1. The molecule has 0 bridgehead atoms. The highest BCUT2D eigenvalue weighted by Gasteiger charge is 2.25. The van der Waals surface area contributed by atoms with Gasteiger partial charge in [0.1, 0.15) is 0 Å². The smallest absolute Gasteiger partial charge is 0.188 e. The Kier molecular flexibility index (Phi) is 7.53.